The quantitative estimate of drug-likeness (QED) is 0.803. The monoisotopic (exact) mass is 287 g/mol. The number of halogens is 1. The van der Waals surface area contributed by atoms with Gasteiger partial charge in [-0.15, -0.1) is 0 Å². The highest BCUT2D eigenvalue weighted by Gasteiger charge is 2.12. The first-order valence-electron chi connectivity index (χ1n) is 6.33. The van der Waals surface area contributed by atoms with Gasteiger partial charge in [-0.25, -0.2) is 4.98 Å². The Kier molecular flexibility index (Phi) is 3.28. The number of aromatic nitrogens is 4. The largest absolute Gasteiger partial charge is 0.363 e. The van der Waals surface area contributed by atoms with E-state index in [1.807, 2.05) is 37.3 Å². The third kappa shape index (κ3) is 2.32. The maximum Gasteiger partial charge on any atom is 0.254 e. The zero-order valence-corrected chi connectivity index (χ0v) is 12.0. The highest BCUT2D eigenvalue weighted by atomic mass is 35.5. The van der Waals surface area contributed by atoms with Gasteiger partial charge in [-0.05, 0) is 25.5 Å². The van der Waals surface area contributed by atoms with Crippen LogP contribution in [0, 0.1) is 6.92 Å². The van der Waals surface area contributed by atoms with Crippen LogP contribution in [0.15, 0.2) is 36.7 Å². The molecule has 3 aromatic rings. The lowest BCUT2D eigenvalue weighted by Gasteiger charge is -2.17. The highest BCUT2D eigenvalue weighted by Crippen LogP contribution is 2.25. The van der Waals surface area contributed by atoms with E-state index in [2.05, 4.69) is 27.3 Å². The molecule has 0 aliphatic heterocycles. The van der Waals surface area contributed by atoms with E-state index >= 15 is 0 Å². The topological polar surface area (TPSA) is 55.1 Å². The molecule has 1 aromatic carbocycles. The van der Waals surface area contributed by atoms with E-state index in [4.69, 9.17) is 11.6 Å². The van der Waals surface area contributed by atoms with Crippen LogP contribution in [0.5, 0.6) is 0 Å². The third-order valence-electron chi connectivity index (χ3n) is 3.12. The summed E-state index contributed by atoms with van der Waals surface area (Å²) in [6, 6.07) is 9.78. The Morgan fingerprint density at radius 2 is 2.10 bits per heavy atom. The van der Waals surface area contributed by atoms with Crippen LogP contribution in [0.4, 0.5) is 5.82 Å². The molecule has 0 saturated heterocycles. The van der Waals surface area contributed by atoms with Gasteiger partial charge in [-0.1, -0.05) is 29.8 Å². The number of anilines is 1. The first-order valence-corrected chi connectivity index (χ1v) is 6.71. The summed E-state index contributed by atoms with van der Waals surface area (Å²) in [6.45, 7) is 3.99. The molecule has 1 N–H and O–H groups in total. The zero-order chi connectivity index (χ0) is 14.1. The van der Waals surface area contributed by atoms with Crippen LogP contribution < -0.4 is 5.32 Å². The van der Waals surface area contributed by atoms with Crippen molar-refractivity contribution < 1.29 is 0 Å². The molecule has 0 fully saturated rings. The summed E-state index contributed by atoms with van der Waals surface area (Å²) < 4.78 is 1.68. The second kappa shape index (κ2) is 5.09. The molecule has 0 unspecified atom stereocenters. The highest BCUT2D eigenvalue weighted by molar-refractivity contribution is 6.31. The molecule has 3 rings (SSSR count). The van der Waals surface area contributed by atoms with Crippen molar-refractivity contribution in [1.29, 1.82) is 0 Å². The van der Waals surface area contributed by atoms with Crippen LogP contribution in [-0.2, 0) is 0 Å². The summed E-state index contributed by atoms with van der Waals surface area (Å²) in [5.41, 5.74) is 1.93. The zero-order valence-electron chi connectivity index (χ0n) is 11.2. The van der Waals surface area contributed by atoms with Gasteiger partial charge >= 0.3 is 0 Å². The van der Waals surface area contributed by atoms with Gasteiger partial charge in [0.2, 0.25) is 0 Å². The van der Waals surface area contributed by atoms with Crippen molar-refractivity contribution in [2.45, 2.75) is 19.9 Å². The van der Waals surface area contributed by atoms with Crippen LogP contribution in [0.2, 0.25) is 5.02 Å². The number of rotatable bonds is 3. The second-order valence-electron chi connectivity index (χ2n) is 4.64. The van der Waals surface area contributed by atoms with Crippen molar-refractivity contribution in [2.24, 2.45) is 0 Å². The molecule has 6 heteroatoms. The predicted molar refractivity (Wildman–Crippen MR) is 79.0 cm³/mol. The summed E-state index contributed by atoms with van der Waals surface area (Å²) in [5.74, 6) is 1.43. The number of hydrogen-bond acceptors (Lipinski definition) is 4. The Bertz CT molecular complexity index is 752. The average molecular weight is 288 g/mol. The van der Waals surface area contributed by atoms with Gasteiger partial charge in [0.05, 0.1) is 6.04 Å². The van der Waals surface area contributed by atoms with Crippen molar-refractivity contribution in [3.05, 3.63) is 52.9 Å². The third-order valence-corrected chi connectivity index (χ3v) is 3.46. The van der Waals surface area contributed by atoms with Gasteiger partial charge in [0.1, 0.15) is 12.1 Å². The molecule has 0 bridgehead atoms. The molecule has 5 nitrogen and oxygen atoms in total. The molecule has 0 aliphatic rings. The summed E-state index contributed by atoms with van der Waals surface area (Å²) >= 11 is 6.23. The molecule has 2 aromatic heterocycles. The molecule has 0 amide bonds. The van der Waals surface area contributed by atoms with E-state index in [0.29, 0.717) is 5.78 Å². The van der Waals surface area contributed by atoms with Crippen molar-refractivity contribution in [2.75, 3.05) is 5.32 Å². The molecule has 0 aliphatic carbocycles. The van der Waals surface area contributed by atoms with Crippen molar-refractivity contribution in [3.63, 3.8) is 0 Å². The molecular formula is C14H14ClN5. The number of nitrogens with zero attached hydrogens (tertiary/aromatic N) is 4. The number of benzene rings is 1. The summed E-state index contributed by atoms with van der Waals surface area (Å²) in [5, 5.41) is 8.33. The van der Waals surface area contributed by atoms with E-state index in [9.17, 15) is 0 Å². The maximum absolute atomic E-state index is 6.23. The summed E-state index contributed by atoms with van der Waals surface area (Å²) in [7, 11) is 0. The lowest BCUT2D eigenvalue weighted by molar-refractivity contribution is 0.838. The number of nitrogens with one attached hydrogen (secondary N) is 1. The fourth-order valence-electron chi connectivity index (χ4n) is 2.16. The Morgan fingerprint density at radius 3 is 2.90 bits per heavy atom. The number of fused-ring (bicyclic) bond motifs is 1. The van der Waals surface area contributed by atoms with E-state index in [1.54, 1.807) is 4.52 Å². The van der Waals surface area contributed by atoms with Crippen molar-refractivity contribution >= 4 is 23.2 Å². The fraction of sp³-hybridized carbons (Fsp3) is 0.214. The van der Waals surface area contributed by atoms with Crippen molar-refractivity contribution in [3.8, 4) is 0 Å². The van der Waals surface area contributed by atoms with Gasteiger partial charge in [0.25, 0.3) is 5.78 Å². The number of hydrogen-bond donors (Lipinski definition) is 1. The van der Waals surface area contributed by atoms with E-state index < -0.39 is 0 Å². The van der Waals surface area contributed by atoms with Gasteiger partial charge in [-0.3, -0.25) is 0 Å². The predicted octanol–water partition coefficient (Wildman–Crippen LogP) is 3.26. The van der Waals surface area contributed by atoms with Crippen LogP contribution in [-0.4, -0.2) is 19.6 Å². The van der Waals surface area contributed by atoms with Crippen LogP contribution in [0.3, 0.4) is 0 Å². The number of aryl methyl sites for hydroxylation is 1. The molecular weight excluding hydrogens is 274 g/mol. The average Bonchev–Trinajstić information content (AvgIpc) is 2.87. The van der Waals surface area contributed by atoms with Crippen LogP contribution >= 0.6 is 11.6 Å². The maximum atomic E-state index is 6.23. The normalized spacial score (nSPS) is 12.6. The molecule has 1 atom stereocenters. The molecule has 0 radical (unpaired) electrons. The summed E-state index contributed by atoms with van der Waals surface area (Å²) in [4.78, 5) is 8.43. The van der Waals surface area contributed by atoms with Crippen LogP contribution in [0.1, 0.15) is 24.2 Å². The summed E-state index contributed by atoms with van der Waals surface area (Å²) in [6.07, 6.45) is 1.49. The molecule has 0 saturated carbocycles. The van der Waals surface area contributed by atoms with Crippen molar-refractivity contribution in [1.82, 2.24) is 19.6 Å². The standard InChI is InChI=1S/C14H14ClN5/c1-9-7-13(20-14(18-9)16-8-17-20)19-10(2)11-5-3-4-6-12(11)15/h3-8,10,19H,1-2H3/t10-/m0/s1. The lowest BCUT2D eigenvalue weighted by atomic mass is 10.1. The second-order valence-corrected chi connectivity index (χ2v) is 5.05. The van der Waals surface area contributed by atoms with Gasteiger partial charge in [0, 0.05) is 16.8 Å². The van der Waals surface area contributed by atoms with Gasteiger partial charge in [0.15, 0.2) is 0 Å². The fourth-order valence-corrected chi connectivity index (χ4v) is 2.46. The van der Waals surface area contributed by atoms with E-state index in [0.717, 1.165) is 22.1 Å². The van der Waals surface area contributed by atoms with E-state index in [1.165, 1.54) is 6.33 Å². The minimum absolute atomic E-state index is 0.0536. The molecule has 0 spiro atoms. The van der Waals surface area contributed by atoms with Crippen LogP contribution in [0.25, 0.3) is 5.78 Å². The van der Waals surface area contributed by atoms with E-state index in [-0.39, 0.29) is 6.04 Å². The minimum Gasteiger partial charge on any atom is -0.363 e. The SMILES string of the molecule is Cc1cc(N[C@@H](C)c2ccccc2Cl)n2ncnc2n1. The Morgan fingerprint density at radius 1 is 1.30 bits per heavy atom. The first-order chi connectivity index (χ1) is 9.65. The Labute approximate surface area is 121 Å². The van der Waals surface area contributed by atoms with Gasteiger partial charge in [-0.2, -0.15) is 14.6 Å². The molecule has 102 valence electrons. The molecule has 2 heterocycles. The minimum atomic E-state index is 0.0536. The lowest BCUT2D eigenvalue weighted by Crippen LogP contribution is -2.11. The Balaban J connectivity index is 1.97. The smallest absolute Gasteiger partial charge is 0.254 e. The van der Waals surface area contributed by atoms with Gasteiger partial charge < -0.3 is 5.32 Å². The first kappa shape index (κ1) is 12.9. The Hall–Kier alpha value is -2.14. The molecule has 20 heavy (non-hydrogen) atoms.